The summed E-state index contributed by atoms with van der Waals surface area (Å²) in [5.74, 6) is 1.13. The van der Waals surface area contributed by atoms with Crippen LogP contribution in [-0.4, -0.2) is 56.4 Å². The van der Waals surface area contributed by atoms with Gasteiger partial charge in [-0.2, -0.15) is 0 Å². The molecular weight excluding hydrogens is 379 g/mol. The molecular formula is C15H23IN4O. The van der Waals surface area contributed by atoms with Crippen LogP contribution in [0.1, 0.15) is 17.9 Å². The van der Waals surface area contributed by atoms with Crippen LogP contribution < -0.4 is 5.32 Å². The zero-order chi connectivity index (χ0) is 14.7. The van der Waals surface area contributed by atoms with Gasteiger partial charge in [-0.1, -0.05) is 18.2 Å². The van der Waals surface area contributed by atoms with Crippen molar-refractivity contribution in [3.05, 3.63) is 29.8 Å². The zero-order valence-corrected chi connectivity index (χ0v) is 15.3. The van der Waals surface area contributed by atoms with Crippen LogP contribution in [0.25, 0.3) is 0 Å². The molecule has 6 heteroatoms. The number of halogens is 1. The van der Waals surface area contributed by atoms with E-state index in [1.54, 1.807) is 0 Å². The number of para-hydroxylation sites is 1. The largest absolute Gasteiger partial charge is 0.349 e. The van der Waals surface area contributed by atoms with E-state index in [-0.39, 0.29) is 35.8 Å². The number of rotatable bonds is 2. The van der Waals surface area contributed by atoms with Crippen LogP contribution in [0.3, 0.4) is 0 Å². The van der Waals surface area contributed by atoms with Gasteiger partial charge in [-0.25, -0.2) is 0 Å². The minimum atomic E-state index is 0. The second-order valence-corrected chi connectivity index (χ2v) is 5.47. The third kappa shape index (κ3) is 4.33. The van der Waals surface area contributed by atoms with Crippen molar-refractivity contribution in [2.24, 2.45) is 4.99 Å². The molecule has 1 atom stereocenters. The van der Waals surface area contributed by atoms with Crippen molar-refractivity contribution in [2.75, 3.05) is 40.1 Å². The molecule has 0 bridgehead atoms. The Balaban J connectivity index is 0.00000220. The van der Waals surface area contributed by atoms with E-state index >= 15 is 0 Å². The Morgan fingerprint density at radius 3 is 2.48 bits per heavy atom. The number of guanidine groups is 1. The predicted molar refractivity (Wildman–Crippen MR) is 97.5 cm³/mol. The van der Waals surface area contributed by atoms with Crippen LogP contribution in [0.2, 0.25) is 0 Å². The van der Waals surface area contributed by atoms with E-state index in [9.17, 15) is 4.79 Å². The number of hydrogen-bond acceptors (Lipinski definition) is 2. The first-order chi connectivity index (χ1) is 9.49. The van der Waals surface area contributed by atoms with Gasteiger partial charge in [0, 0.05) is 46.2 Å². The smallest absolute Gasteiger partial charge is 0.225 e. The van der Waals surface area contributed by atoms with Gasteiger partial charge >= 0.3 is 0 Å². The minimum Gasteiger partial charge on any atom is -0.349 e. The molecule has 1 aliphatic heterocycles. The molecule has 0 saturated heterocycles. The van der Waals surface area contributed by atoms with Gasteiger partial charge in [0.25, 0.3) is 0 Å². The van der Waals surface area contributed by atoms with Gasteiger partial charge in [-0.3, -0.25) is 9.79 Å². The molecule has 1 N–H and O–H groups in total. The molecule has 0 aromatic heterocycles. The maximum Gasteiger partial charge on any atom is 0.225 e. The van der Waals surface area contributed by atoms with Gasteiger partial charge < -0.3 is 15.1 Å². The molecule has 5 nitrogen and oxygen atoms in total. The van der Waals surface area contributed by atoms with Gasteiger partial charge in [-0.05, 0) is 11.6 Å². The van der Waals surface area contributed by atoms with Crippen LogP contribution in [0, 0.1) is 0 Å². The summed E-state index contributed by atoms with van der Waals surface area (Å²) in [6.45, 7) is 0.621. The monoisotopic (exact) mass is 402 g/mol. The number of anilines is 1. The van der Waals surface area contributed by atoms with Crippen molar-refractivity contribution in [3.63, 3.8) is 0 Å². The Bertz CT molecular complexity index is 518. The lowest BCUT2D eigenvalue weighted by Crippen LogP contribution is -2.36. The molecule has 1 aromatic rings. The van der Waals surface area contributed by atoms with Crippen molar-refractivity contribution in [1.29, 1.82) is 0 Å². The summed E-state index contributed by atoms with van der Waals surface area (Å²) in [4.78, 5) is 20.4. The van der Waals surface area contributed by atoms with Crippen molar-refractivity contribution in [1.82, 2.24) is 9.80 Å². The molecule has 1 aliphatic rings. The lowest BCUT2D eigenvalue weighted by Gasteiger charge is -2.26. The Hall–Kier alpha value is -1.31. The Kier molecular flexibility index (Phi) is 6.44. The maximum absolute atomic E-state index is 11.8. The number of carbonyl (C=O) groups excluding carboxylic acids is 1. The fourth-order valence-corrected chi connectivity index (χ4v) is 2.54. The number of nitrogens with zero attached hydrogens (tertiary/aromatic N) is 3. The number of benzene rings is 1. The lowest BCUT2D eigenvalue weighted by molar-refractivity contribution is -0.116. The number of hydrogen-bond donors (Lipinski definition) is 1. The summed E-state index contributed by atoms with van der Waals surface area (Å²) in [6.07, 6.45) is 0.495. The highest BCUT2D eigenvalue weighted by Gasteiger charge is 2.24. The summed E-state index contributed by atoms with van der Waals surface area (Å²) >= 11 is 0. The first-order valence-corrected chi connectivity index (χ1v) is 6.77. The van der Waals surface area contributed by atoms with Crippen molar-refractivity contribution < 1.29 is 4.79 Å². The average Bonchev–Trinajstić information content (AvgIpc) is 2.37. The molecule has 0 fully saturated rings. The van der Waals surface area contributed by atoms with Gasteiger partial charge in [0.05, 0.1) is 6.54 Å². The van der Waals surface area contributed by atoms with Gasteiger partial charge in [0.15, 0.2) is 5.96 Å². The van der Waals surface area contributed by atoms with Crippen LogP contribution in [0.4, 0.5) is 5.69 Å². The molecule has 1 unspecified atom stereocenters. The molecule has 0 saturated carbocycles. The molecule has 1 aromatic carbocycles. The van der Waals surface area contributed by atoms with Crippen molar-refractivity contribution in [2.45, 2.75) is 12.3 Å². The fourth-order valence-electron chi connectivity index (χ4n) is 2.54. The molecule has 0 spiro atoms. The molecule has 0 aliphatic carbocycles. The highest BCUT2D eigenvalue weighted by atomic mass is 127. The Morgan fingerprint density at radius 2 is 1.86 bits per heavy atom. The third-order valence-corrected chi connectivity index (χ3v) is 3.36. The normalized spacial score (nSPS) is 16.2. The summed E-state index contributed by atoms with van der Waals surface area (Å²) in [5.41, 5.74) is 2.09. The summed E-state index contributed by atoms with van der Waals surface area (Å²) in [7, 11) is 7.89. The predicted octanol–water partition coefficient (Wildman–Crippen LogP) is 2.21. The Labute approximate surface area is 143 Å². The standard InChI is InChI=1S/C15H22N4O.HI/c1-18(2)15(19(3)4)16-10-11-9-14(20)17-13-8-6-5-7-12(11)13;/h5-8,11H,9-10H2,1-4H3,(H,17,20);1H. The molecule has 116 valence electrons. The first kappa shape index (κ1) is 17.7. The highest BCUT2D eigenvalue weighted by molar-refractivity contribution is 14.0. The lowest BCUT2D eigenvalue weighted by atomic mass is 9.91. The van der Waals surface area contributed by atoms with Gasteiger partial charge in [0.1, 0.15) is 0 Å². The van der Waals surface area contributed by atoms with E-state index in [1.807, 2.05) is 56.2 Å². The number of aliphatic imine (C=N–C) groups is 1. The first-order valence-electron chi connectivity index (χ1n) is 6.77. The van der Waals surface area contributed by atoms with Gasteiger partial charge in [-0.15, -0.1) is 24.0 Å². The number of fused-ring (bicyclic) bond motifs is 1. The number of carbonyl (C=O) groups is 1. The molecule has 21 heavy (non-hydrogen) atoms. The van der Waals surface area contributed by atoms with Crippen LogP contribution in [-0.2, 0) is 4.79 Å². The third-order valence-electron chi connectivity index (χ3n) is 3.36. The second kappa shape index (κ2) is 7.63. The fraction of sp³-hybridized carbons (Fsp3) is 0.467. The van der Waals surface area contributed by atoms with Crippen molar-refractivity contribution in [3.8, 4) is 0 Å². The van der Waals surface area contributed by atoms with Gasteiger partial charge in [0.2, 0.25) is 5.91 Å². The van der Waals surface area contributed by atoms with E-state index in [2.05, 4.69) is 16.4 Å². The van der Waals surface area contributed by atoms with Crippen LogP contribution in [0.15, 0.2) is 29.3 Å². The van der Waals surface area contributed by atoms with Crippen LogP contribution >= 0.6 is 24.0 Å². The van der Waals surface area contributed by atoms with Crippen LogP contribution in [0.5, 0.6) is 0 Å². The summed E-state index contributed by atoms with van der Waals surface area (Å²) < 4.78 is 0. The number of amides is 1. The van der Waals surface area contributed by atoms with E-state index < -0.39 is 0 Å². The molecule has 1 heterocycles. The average molecular weight is 402 g/mol. The van der Waals surface area contributed by atoms with E-state index in [0.29, 0.717) is 13.0 Å². The zero-order valence-electron chi connectivity index (χ0n) is 13.0. The topological polar surface area (TPSA) is 47.9 Å². The highest BCUT2D eigenvalue weighted by Crippen LogP contribution is 2.32. The number of nitrogens with one attached hydrogen (secondary N) is 1. The molecule has 1 amide bonds. The van der Waals surface area contributed by atoms with E-state index in [4.69, 9.17) is 0 Å². The Morgan fingerprint density at radius 1 is 1.24 bits per heavy atom. The quantitative estimate of drug-likeness (QED) is 0.469. The summed E-state index contributed by atoms with van der Waals surface area (Å²) in [5, 5.41) is 2.91. The van der Waals surface area contributed by atoms with E-state index in [1.165, 1.54) is 5.56 Å². The molecule has 0 radical (unpaired) electrons. The second-order valence-electron chi connectivity index (χ2n) is 5.47. The SMILES string of the molecule is CN(C)C(=NCC1CC(=O)Nc2ccccc21)N(C)C.I. The molecule has 2 rings (SSSR count). The summed E-state index contributed by atoms with van der Waals surface area (Å²) in [6, 6.07) is 7.96. The van der Waals surface area contributed by atoms with Crippen molar-refractivity contribution >= 4 is 41.5 Å². The van der Waals surface area contributed by atoms with E-state index in [0.717, 1.165) is 11.6 Å². The minimum absolute atomic E-state index is 0. The maximum atomic E-state index is 11.8.